The van der Waals surface area contributed by atoms with Gasteiger partial charge in [-0.3, -0.25) is 0 Å². The molecule has 0 fully saturated rings. The van der Waals surface area contributed by atoms with Gasteiger partial charge in [-0.05, 0) is 0 Å². The Balaban J connectivity index is 2.34. The van der Waals surface area contributed by atoms with Gasteiger partial charge in [-0.15, -0.1) is 0 Å². The molecule has 0 unspecified atom stereocenters. The fourth-order valence-corrected chi connectivity index (χ4v) is 5.39. The van der Waals surface area contributed by atoms with E-state index in [0.717, 1.165) is 0 Å². The molecule has 0 saturated heterocycles. The van der Waals surface area contributed by atoms with E-state index in [1.54, 1.807) is 0 Å². The Morgan fingerprint density at radius 3 is 1.47 bits per heavy atom. The van der Waals surface area contributed by atoms with E-state index in [1.165, 1.54) is 11.1 Å². The van der Waals surface area contributed by atoms with Crippen LogP contribution in [-0.4, -0.2) is 27.3 Å². The number of hydrogen-bond acceptors (Lipinski definition) is 0. The van der Waals surface area contributed by atoms with Crippen molar-refractivity contribution in [3.8, 4) is 0 Å². The van der Waals surface area contributed by atoms with Gasteiger partial charge in [0.05, 0.1) is 0 Å². The van der Waals surface area contributed by atoms with Crippen LogP contribution >= 0.6 is 0 Å². The second-order valence-electron chi connectivity index (χ2n) is 3.31. The average molecular weight is 326 g/mol. The summed E-state index contributed by atoms with van der Waals surface area (Å²) in [5.41, 5.74) is 2.84. The molecule has 0 aliphatic heterocycles. The van der Waals surface area contributed by atoms with Gasteiger partial charge in [-0.2, -0.15) is 0 Å². The second kappa shape index (κ2) is 5.53. The van der Waals surface area contributed by atoms with Gasteiger partial charge in [0, 0.05) is 0 Å². The first kappa shape index (κ1) is 11.0. The van der Waals surface area contributed by atoms with Gasteiger partial charge in [-0.1, -0.05) is 0 Å². The van der Waals surface area contributed by atoms with Crippen molar-refractivity contribution >= 4 is 27.3 Å². The summed E-state index contributed by atoms with van der Waals surface area (Å²) in [5, 5.41) is 0. The number of hydrogen-bond donors (Lipinski definition) is 0. The molecule has 0 aliphatic carbocycles. The third-order valence-electron chi connectivity index (χ3n) is 2.31. The van der Waals surface area contributed by atoms with Crippen LogP contribution in [0.15, 0.2) is 60.7 Å². The van der Waals surface area contributed by atoms with Crippen molar-refractivity contribution in [2.75, 3.05) is 0 Å². The molecule has 0 aliphatic rings. The monoisotopic (exact) mass is 328 g/mol. The molecule has 0 N–H and O–H groups in total. The predicted molar refractivity (Wildman–Crippen MR) is 67.6 cm³/mol. The molecule has 2 aromatic carbocycles. The Kier molecular flexibility index (Phi) is 4.05. The van der Waals surface area contributed by atoms with Crippen molar-refractivity contribution in [1.29, 1.82) is 0 Å². The third kappa shape index (κ3) is 2.74. The van der Waals surface area contributed by atoms with Gasteiger partial charge < -0.3 is 0 Å². The minimum absolute atomic E-state index is 0.537. The molecule has 15 heavy (non-hydrogen) atoms. The van der Waals surface area contributed by atoms with Crippen LogP contribution < -0.4 is 0 Å². The van der Waals surface area contributed by atoms with Crippen LogP contribution in [0.2, 0.25) is 0 Å². The SMILES string of the molecule is [SeH][Se]C(c1ccccc1)c1ccccc1. The zero-order valence-corrected chi connectivity index (χ0v) is 11.8. The molecule has 0 aromatic heterocycles. The molecule has 2 rings (SSSR count). The molecule has 0 amide bonds. The Labute approximate surface area is 104 Å². The zero-order valence-electron chi connectivity index (χ0n) is 8.21. The molecule has 0 nitrogen and oxygen atoms in total. The van der Waals surface area contributed by atoms with E-state index >= 15 is 0 Å². The van der Waals surface area contributed by atoms with Gasteiger partial charge in [0.1, 0.15) is 0 Å². The first-order valence-corrected chi connectivity index (χ1v) is 10.6. The van der Waals surface area contributed by atoms with Crippen LogP contribution in [0.4, 0.5) is 0 Å². The molecule has 0 atom stereocenters. The fourth-order valence-electron chi connectivity index (χ4n) is 1.57. The van der Waals surface area contributed by atoms with E-state index in [4.69, 9.17) is 0 Å². The molecule has 0 heterocycles. The third-order valence-corrected chi connectivity index (χ3v) is 6.19. The molecule has 0 spiro atoms. The fraction of sp³-hybridized carbons (Fsp3) is 0.0769. The summed E-state index contributed by atoms with van der Waals surface area (Å²) in [5.74, 6) is 0. The van der Waals surface area contributed by atoms with E-state index in [2.05, 4.69) is 74.9 Å². The molecule has 0 bridgehead atoms. The Bertz CT molecular complexity index is 358. The summed E-state index contributed by atoms with van der Waals surface area (Å²) in [6.45, 7) is 0. The van der Waals surface area contributed by atoms with Gasteiger partial charge in [-0.25, -0.2) is 0 Å². The van der Waals surface area contributed by atoms with Crippen LogP contribution in [-0.2, 0) is 0 Å². The van der Waals surface area contributed by atoms with Crippen LogP contribution in [0.25, 0.3) is 0 Å². The molecular formula is C13H12Se2. The van der Waals surface area contributed by atoms with Crippen molar-refractivity contribution in [3.05, 3.63) is 71.8 Å². The van der Waals surface area contributed by atoms with Crippen LogP contribution in [0.1, 0.15) is 15.9 Å². The molecule has 76 valence electrons. The average Bonchev–Trinajstić information content (AvgIpc) is 2.33. The summed E-state index contributed by atoms with van der Waals surface area (Å²) >= 11 is 3.29. The zero-order chi connectivity index (χ0) is 10.5. The quantitative estimate of drug-likeness (QED) is 0.760. The van der Waals surface area contributed by atoms with E-state index in [1.807, 2.05) is 0 Å². The molecule has 0 radical (unpaired) electrons. The molecule has 0 saturated carbocycles. The maximum absolute atomic E-state index is 2.75. The number of rotatable bonds is 3. The summed E-state index contributed by atoms with van der Waals surface area (Å²) in [6.07, 6.45) is 0. The first-order chi connectivity index (χ1) is 7.42. The molecule has 2 aromatic rings. The minimum atomic E-state index is 0.537. The van der Waals surface area contributed by atoms with Crippen molar-refractivity contribution in [1.82, 2.24) is 0 Å². The number of benzene rings is 2. The van der Waals surface area contributed by atoms with Gasteiger partial charge in [0.2, 0.25) is 0 Å². The Morgan fingerprint density at radius 2 is 1.13 bits per heavy atom. The Morgan fingerprint density at radius 1 is 0.733 bits per heavy atom. The molecular weight excluding hydrogens is 314 g/mol. The summed E-state index contributed by atoms with van der Waals surface area (Å²) in [6, 6.07) is 21.5. The van der Waals surface area contributed by atoms with Crippen LogP contribution in [0.3, 0.4) is 0 Å². The summed E-state index contributed by atoms with van der Waals surface area (Å²) in [4.78, 5) is 0.569. The normalized spacial score (nSPS) is 10.5. The van der Waals surface area contributed by atoms with E-state index in [0.29, 0.717) is 17.9 Å². The van der Waals surface area contributed by atoms with E-state index < -0.39 is 0 Å². The van der Waals surface area contributed by atoms with Crippen molar-refractivity contribution < 1.29 is 0 Å². The summed E-state index contributed by atoms with van der Waals surface area (Å²) in [7, 11) is 0. The van der Waals surface area contributed by atoms with Gasteiger partial charge >= 0.3 is 104 Å². The van der Waals surface area contributed by atoms with Gasteiger partial charge in [0.25, 0.3) is 0 Å². The van der Waals surface area contributed by atoms with E-state index in [9.17, 15) is 0 Å². The second-order valence-corrected chi connectivity index (χ2v) is 7.04. The van der Waals surface area contributed by atoms with Gasteiger partial charge in [0.15, 0.2) is 0 Å². The Hall–Kier alpha value is -0.521. The van der Waals surface area contributed by atoms with Crippen molar-refractivity contribution in [3.63, 3.8) is 0 Å². The molecule has 2 heteroatoms. The van der Waals surface area contributed by atoms with Crippen molar-refractivity contribution in [2.45, 2.75) is 4.82 Å². The van der Waals surface area contributed by atoms with Crippen LogP contribution in [0, 0.1) is 0 Å². The first-order valence-electron chi connectivity index (χ1n) is 4.82. The topological polar surface area (TPSA) is 0 Å². The van der Waals surface area contributed by atoms with E-state index in [-0.39, 0.29) is 0 Å². The van der Waals surface area contributed by atoms with Crippen LogP contribution in [0.5, 0.6) is 0 Å². The van der Waals surface area contributed by atoms with Crippen molar-refractivity contribution in [2.24, 2.45) is 0 Å². The maximum atomic E-state index is 2.75. The predicted octanol–water partition coefficient (Wildman–Crippen LogP) is 2.30. The summed E-state index contributed by atoms with van der Waals surface area (Å²) < 4.78 is 0. The standard InChI is InChI=1S/C13H12Se2/c14-15-13(11-7-3-1-4-8-11)12-9-5-2-6-10-12/h1-10,13-14H.